The Hall–Kier alpha value is -1.10. The highest BCUT2D eigenvalue weighted by Crippen LogP contribution is 2.18. The van der Waals surface area contributed by atoms with Crippen molar-refractivity contribution in [3.05, 3.63) is 6.20 Å². The van der Waals surface area contributed by atoms with Gasteiger partial charge in [-0.15, -0.1) is 0 Å². The van der Waals surface area contributed by atoms with Gasteiger partial charge >= 0.3 is 0 Å². The van der Waals surface area contributed by atoms with Crippen LogP contribution in [0.15, 0.2) is 6.20 Å². The van der Waals surface area contributed by atoms with Crippen LogP contribution in [0.25, 0.3) is 0 Å². The highest BCUT2D eigenvalue weighted by molar-refractivity contribution is 7.19. The molecule has 0 unspecified atom stereocenters. The lowest BCUT2D eigenvalue weighted by atomic mass is 10.8. The summed E-state index contributed by atoms with van der Waals surface area (Å²) in [6.07, 6.45) is 2.10. The van der Waals surface area contributed by atoms with E-state index in [9.17, 15) is 4.79 Å². The lowest BCUT2D eigenvalue weighted by Crippen LogP contribution is -1.88. The molecular weight excluding hydrogens is 138 g/mol. The molecule has 0 aliphatic carbocycles. The van der Waals surface area contributed by atoms with Crippen LogP contribution in [-0.4, -0.2) is 11.4 Å². The fourth-order valence-electron chi connectivity index (χ4n) is 0.412. The van der Waals surface area contributed by atoms with Crippen molar-refractivity contribution in [3.8, 4) is 0 Å². The number of nitrogens with two attached hydrogens (primary N) is 1. The third-order valence-corrected chi connectivity index (χ3v) is 1.48. The van der Waals surface area contributed by atoms with Gasteiger partial charge in [0.2, 0.25) is 6.41 Å². The number of amides is 1. The minimum atomic E-state index is 0.458. The SMILES string of the molecule is Nc1ncc(NC=O)s1. The van der Waals surface area contributed by atoms with Gasteiger partial charge in [-0.3, -0.25) is 4.79 Å². The van der Waals surface area contributed by atoms with Crippen LogP contribution in [0.4, 0.5) is 10.1 Å². The van der Waals surface area contributed by atoms with E-state index < -0.39 is 0 Å². The largest absolute Gasteiger partial charge is 0.375 e. The van der Waals surface area contributed by atoms with Crippen molar-refractivity contribution in [2.75, 3.05) is 11.1 Å². The van der Waals surface area contributed by atoms with Crippen LogP contribution >= 0.6 is 11.3 Å². The Balaban J connectivity index is 2.72. The molecular formula is C4H5N3OS. The van der Waals surface area contributed by atoms with E-state index in [1.807, 2.05) is 0 Å². The number of nitrogen functional groups attached to an aromatic ring is 1. The van der Waals surface area contributed by atoms with Crippen LogP contribution in [0.3, 0.4) is 0 Å². The first-order valence-electron chi connectivity index (χ1n) is 2.24. The lowest BCUT2D eigenvalue weighted by molar-refractivity contribution is -0.105. The van der Waals surface area contributed by atoms with Gasteiger partial charge in [-0.2, -0.15) is 0 Å². The summed E-state index contributed by atoms with van der Waals surface area (Å²) in [5.41, 5.74) is 5.26. The first-order chi connectivity index (χ1) is 4.33. The minimum absolute atomic E-state index is 0.458. The van der Waals surface area contributed by atoms with Crippen molar-refractivity contribution in [2.45, 2.75) is 0 Å². The molecule has 48 valence electrons. The molecule has 1 rings (SSSR count). The van der Waals surface area contributed by atoms with E-state index in [0.29, 0.717) is 16.5 Å². The quantitative estimate of drug-likeness (QED) is 0.585. The lowest BCUT2D eigenvalue weighted by Gasteiger charge is -1.83. The van der Waals surface area contributed by atoms with Gasteiger partial charge in [0, 0.05) is 0 Å². The Bertz CT molecular complexity index is 209. The van der Waals surface area contributed by atoms with Gasteiger partial charge in [0.1, 0.15) is 5.00 Å². The molecule has 4 nitrogen and oxygen atoms in total. The summed E-state index contributed by atoms with van der Waals surface area (Å²) in [7, 11) is 0. The molecule has 0 bridgehead atoms. The van der Waals surface area contributed by atoms with Crippen molar-refractivity contribution in [1.82, 2.24) is 4.98 Å². The fraction of sp³-hybridized carbons (Fsp3) is 0. The molecule has 1 heterocycles. The highest BCUT2D eigenvalue weighted by atomic mass is 32.1. The molecule has 0 radical (unpaired) electrons. The van der Waals surface area contributed by atoms with Crippen molar-refractivity contribution in [2.24, 2.45) is 0 Å². The van der Waals surface area contributed by atoms with Crippen LogP contribution in [0, 0.1) is 0 Å². The number of hydrogen-bond acceptors (Lipinski definition) is 4. The standard InChI is InChI=1S/C4H5N3OS/c5-4-6-1-3(9-4)7-2-8/h1-2H,(H2,5,6)(H,7,8). The number of nitrogens with one attached hydrogen (secondary N) is 1. The Morgan fingerprint density at radius 1 is 1.89 bits per heavy atom. The molecule has 0 fully saturated rings. The Morgan fingerprint density at radius 2 is 2.67 bits per heavy atom. The van der Waals surface area contributed by atoms with Gasteiger partial charge in [0.05, 0.1) is 6.20 Å². The summed E-state index contributed by atoms with van der Waals surface area (Å²) < 4.78 is 0. The summed E-state index contributed by atoms with van der Waals surface area (Å²) in [5, 5.41) is 3.55. The molecule has 0 aromatic carbocycles. The van der Waals surface area contributed by atoms with Gasteiger partial charge in [0.25, 0.3) is 0 Å². The zero-order valence-corrected chi connectivity index (χ0v) is 5.31. The van der Waals surface area contributed by atoms with Gasteiger partial charge in [-0.1, -0.05) is 11.3 Å². The van der Waals surface area contributed by atoms with Gasteiger partial charge in [-0.25, -0.2) is 4.98 Å². The molecule has 1 amide bonds. The Kier molecular flexibility index (Phi) is 1.64. The third kappa shape index (κ3) is 1.39. The number of rotatable bonds is 2. The average Bonchev–Trinajstić information content (AvgIpc) is 2.17. The second-order valence-corrected chi connectivity index (χ2v) is 2.39. The van der Waals surface area contributed by atoms with Crippen LogP contribution in [0.2, 0.25) is 0 Å². The summed E-state index contributed by atoms with van der Waals surface area (Å²) in [4.78, 5) is 13.5. The molecule has 0 atom stereocenters. The summed E-state index contributed by atoms with van der Waals surface area (Å²) in [6, 6.07) is 0. The van der Waals surface area contributed by atoms with Crippen molar-refractivity contribution < 1.29 is 4.79 Å². The van der Waals surface area contributed by atoms with Crippen molar-refractivity contribution in [1.29, 1.82) is 0 Å². The maximum absolute atomic E-state index is 9.81. The monoisotopic (exact) mass is 143 g/mol. The average molecular weight is 143 g/mol. The smallest absolute Gasteiger partial charge is 0.212 e. The predicted molar refractivity (Wildman–Crippen MR) is 36.2 cm³/mol. The molecule has 3 N–H and O–H groups in total. The fourth-order valence-corrected chi connectivity index (χ4v) is 0.956. The van der Waals surface area contributed by atoms with Gasteiger partial charge in [-0.05, 0) is 0 Å². The van der Waals surface area contributed by atoms with E-state index in [1.165, 1.54) is 17.5 Å². The van der Waals surface area contributed by atoms with E-state index in [2.05, 4.69) is 10.3 Å². The maximum atomic E-state index is 9.81. The van der Waals surface area contributed by atoms with Crippen molar-refractivity contribution >= 4 is 27.9 Å². The summed E-state index contributed by atoms with van der Waals surface area (Å²) in [6.45, 7) is 0. The maximum Gasteiger partial charge on any atom is 0.212 e. The zero-order valence-electron chi connectivity index (χ0n) is 4.50. The number of carbonyl (C=O) groups excluding carboxylic acids is 1. The summed E-state index contributed by atoms with van der Waals surface area (Å²) in [5.74, 6) is 0. The molecule has 5 heteroatoms. The zero-order chi connectivity index (χ0) is 6.69. The number of thiazole rings is 1. The van der Waals surface area contributed by atoms with E-state index in [1.54, 1.807) is 0 Å². The number of nitrogens with zero attached hydrogens (tertiary/aromatic N) is 1. The minimum Gasteiger partial charge on any atom is -0.375 e. The highest BCUT2D eigenvalue weighted by Gasteiger charge is 1.93. The molecule has 0 saturated carbocycles. The second kappa shape index (κ2) is 2.45. The second-order valence-electron chi connectivity index (χ2n) is 1.32. The van der Waals surface area contributed by atoms with Crippen molar-refractivity contribution in [3.63, 3.8) is 0 Å². The topological polar surface area (TPSA) is 68.0 Å². The molecule has 0 saturated heterocycles. The van der Waals surface area contributed by atoms with Crippen LogP contribution < -0.4 is 11.1 Å². The predicted octanol–water partition coefficient (Wildman–Crippen LogP) is 0.294. The van der Waals surface area contributed by atoms with E-state index in [0.717, 1.165) is 0 Å². The summed E-state index contributed by atoms with van der Waals surface area (Å²) >= 11 is 1.24. The van der Waals surface area contributed by atoms with Crippen LogP contribution in [0.5, 0.6) is 0 Å². The molecule has 0 aliphatic heterocycles. The van der Waals surface area contributed by atoms with E-state index in [-0.39, 0.29) is 0 Å². The molecule has 1 aromatic heterocycles. The number of carbonyl (C=O) groups is 1. The normalized spacial score (nSPS) is 8.89. The number of aromatic nitrogens is 1. The molecule has 1 aromatic rings. The Morgan fingerprint density at radius 3 is 3.11 bits per heavy atom. The Labute approximate surface area is 55.7 Å². The van der Waals surface area contributed by atoms with Crippen LogP contribution in [0.1, 0.15) is 0 Å². The molecule has 0 aliphatic rings. The molecule has 0 spiro atoms. The van der Waals surface area contributed by atoms with E-state index in [4.69, 9.17) is 5.73 Å². The molecule has 9 heavy (non-hydrogen) atoms. The number of hydrogen-bond donors (Lipinski definition) is 2. The number of anilines is 2. The first kappa shape index (κ1) is 6.03. The third-order valence-electron chi connectivity index (χ3n) is 0.725. The van der Waals surface area contributed by atoms with E-state index >= 15 is 0 Å². The van der Waals surface area contributed by atoms with Crippen LogP contribution in [-0.2, 0) is 4.79 Å². The first-order valence-corrected chi connectivity index (χ1v) is 3.06. The van der Waals surface area contributed by atoms with Gasteiger partial charge < -0.3 is 11.1 Å². The van der Waals surface area contributed by atoms with Gasteiger partial charge in [0.15, 0.2) is 5.13 Å².